The van der Waals surface area contributed by atoms with Crippen molar-refractivity contribution in [3.05, 3.63) is 34.9 Å². The largest absolute Gasteiger partial charge is 0.494 e. The Hall–Kier alpha value is -2.55. The Bertz CT molecular complexity index is 951. The molecule has 0 aliphatic rings. The molecule has 2 heterocycles. The maximum atomic E-state index is 13.8. The van der Waals surface area contributed by atoms with E-state index >= 15 is 0 Å². The van der Waals surface area contributed by atoms with Crippen LogP contribution >= 0.6 is 12.2 Å². The summed E-state index contributed by atoms with van der Waals surface area (Å²) < 4.78 is 21.4. The molecule has 0 aliphatic heterocycles. The molecule has 7 nitrogen and oxygen atoms in total. The number of H-pyrrole nitrogens is 1. The average Bonchev–Trinajstić information content (AvgIpc) is 2.95. The second-order valence-corrected chi connectivity index (χ2v) is 6.23. The van der Waals surface area contributed by atoms with Crippen molar-refractivity contribution >= 4 is 28.9 Å². The molecule has 3 rings (SSSR count). The van der Waals surface area contributed by atoms with E-state index in [9.17, 15) is 4.39 Å². The number of nitrogens with one attached hydrogen (secondary N) is 2. The van der Waals surface area contributed by atoms with Gasteiger partial charge >= 0.3 is 0 Å². The van der Waals surface area contributed by atoms with Gasteiger partial charge in [-0.25, -0.2) is 14.4 Å². The highest BCUT2D eigenvalue weighted by molar-refractivity contribution is 7.71. The Morgan fingerprint density at radius 3 is 2.88 bits per heavy atom. The number of fused-ring (bicyclic) bond motifs is 1. The summed E-state index contributed by atoms with van der Waals surface area (Å²) in [4.78, 5) is 8.36. The van der Waals surface area contributed by atoms with E-state index in [0.29, 0.717) is 34.6 Å². The van der Waals surface area contributed by atoms with Gasteiger partial charge in [-0.15, -0.1) is 0 Å². The maximum absolute atomic E-state index is 13.8. The van der Waals surface area contributed by atoms with Crippen LogP contribution in [-0.2, 0) is 6.54 Å². The summed E-state index contributed by atoms with van der Waals surface area (Å²) in [6.45, 7) is 5.34. The van der Waals surface area contributed by atoms with E-state index in [4.69, 9.17) is 17.0 Å². The number of halogens is 1. The third-order valence-corrected chi connectivity index (χ3v) is 4.15. The molecule has 9 heteroatoms. The van der Waals surface area contributed by atoms with E-state index in [1.165, 1.54) is 19.5 Å². The van der Waals surface area contributed by atoms with Crippen molar-refractivity contribution in [3.63, 3.8) is 0 Å². The minimum atomic E-state index is -0.453. The molecule has 2 aromatic heterocycles. The highest BCUT2D eigenvalue weighted by Crippen LogP contribution is 2.27. The fraction of sp³-hybridized carbons (Fsp3) is 0.375. The molecular formula is C16H19FN6OS. The summed E-state index contributed by atoms with van der Waals surface area (Å²) in [5.74, 6) is 1.49. The van der Waals surface area contributed by atoms with Gasteiger partial charge in [0.05, 0.1) is 12.6 Å². The first-order valence-electron chi connectivity index (χ1n) is 7.88. The molecule has 0 saturated carbocycles. The molecule has 0 bridgehead atoms. The lowest BCUT2D eigenvalue weighted by molar-refractivity contribution is 0.387. The number of aromatic amines is 1. The molecule has 25 heavy (non-hydrogen) atoms. The fourth-order valence-electron chi connectivity index (χ4n) is 2.63. The Balaban J connectivity index is 1.82. The zero-order valence-electron chi connectivity index (χ0n) is 14.2. The van der Waals surface area contributed by atoms with Crippen LogP contribution in [0.4, 0.5) is 10.2 Å². The molecule has 0 fully saturated rings. The quantitative estimate of drug-likeness (QED) is 0.655. The highest BCUT2D eigenvalue weighted by atomic mass is 32.1. The second kappa shape index (κ2) is 7.14. The van der Waals surface area contributed by atoms with Gasteiger partial charge in [-0.3, -0.25) is 5.10 Å². The minimum absolute atomic E-state index is 0.157. The predicted octanol–water partition coefficient (Wildman–Crippen LogP) is 3.27. The molecule has 2 N–H and O–H groups in total. The SMILES string of the molecule is COc1cc2c(NCCn3c(C(C)C)n[nH]c3=S)ncnc2cc1F. The summed E-state index contributed by atoms with van der Waals surface area (Å²) in [6.07, 6.45) is 1.40. The number of benzene rings is 1. The lowest BCUT2D eigenvalue weighted by atomic mass is 10.2. The Labute approximate surface area is 149 Å². The van der Waals surface area contributed by atoms with E-state index < -0.39 is 5.82 Å². The van der Waals surface area contributed by atoms with Gasteiger partial charge in [0.15, 0.2) is 16.3 Å². The monoisotopic (exact) mass is 362 g/mol. The van der Waals surface area contributed by atoms with Crippen molar-refractivity contribution in [2.75, 3.05) is 19.0 Å². The summed E-state index contributed by atoms with van der Waals surface area (Å²) in [5.41, 5.74) is 0.513. The average molecular weight is 362 g/mol. The van der Waals surface area contributed by atoms with E-state index in [1.807, 2.05) is 4.57 Å². The number of hydrogen-bond acceptors (Lipinski definition) is 6. The van der Waals surface area contributed by atoms with Gasteiger partial charge < -0.3 is 14.6 Å². The smallest absolute Gasteiger partial charge is 0.195 e. The van der Waals surface area contributed by atoms with Crippen molar-refractivity contribution in [2.45, 2.75) is 26.3 Å². The zero-order chi connectivity index (χ0) is 18.0. The molecule has 0 atom stereocenters. The number of ether oxygens (including phenoxy) is 1. The van der Waals surface area contributed by atoms with E-state index in [-0.39, 0.29) is 11.7 Å². The summed E-state index contributed by atoms with van der Waals surface area (Å²) in [7, 11) is 1.43. The van der Waals surface area contributed by atoms with E-state index in [0.717, 1.165) is 5.82 Å². The second-order valence-electron chi connectivity index (χ2n) is 5.85. The number of nitrogens with zero attached hydrogens (tertiary/aromatic N) is 4. The lowest BCUT2D eigenvalue weighted by Crippen LogP contribution is -2.14. The Morgan fingerprint density at radius 2 is 2.16 bits per heavy atom. The molecule has 1 aromatic carbocycles. The first kappa shape index (κ1) is 17.3. The van der Waals surface area contributed by atoms with Gasteiger partial charge in [0.25, 0.3) is 0 Å². The zero-order valence-corrected chi connectivity index (χ0v) is 15.0. The van der Waals surface area contributed by atoms with Crippen LogP contribution in [0.5, 0.6) is 5.75 Å². The van der Waals surface area contributed by atoms with Gasteiger partial charge in [0.2, 0.25) is 0 Å². The fourth-order valence-corrected chi connectivity index (χ4v) is 2.86. The van der Waals surface area contributed by atoms with Gasteiger partial charge in [0.1, 0.15) is 18.0 Å². The Morgan fingerprint density at radius 1 is 1.36 bits per heavy atom. The third kappa shape index (κ3) is 3.46. The van der Waals surface area contributed by atoms with E-state index in [2.05, 4.69) is 39.3 Å². The van der Waals surface area contributed by atoms with Crippen molar-refractivity contribution in [1.82, 2.24) is 24.7 Å². The first-order valence-corrected chi connectivity index (χ1v) is 8.29. The molecule has 3 aromatic rings. The van der Waals surface area contributed by atoms with Gasteiger partial charge in [-0.1, -0.05) is 13.8 Å². The van der Waals surface area contributed by atoms with Crippen molar-refractivity contribution in [1.29, 1.82) is 0 Å². The number of aromatic nitrogens is 5. The molecule has 0 radical (unpaired) electrons. The number of hydrogen-bond donors (Lipinski definition) is 2. The van der Waals surface area contributed by atoms with Crippen LogP contribution in [0.3, 0.4) is 0 Å². The van der Waals surface area contributed by atoms with Crippen LogP contribution in [0.15, 0.2) is 18.5 Å². The summed E-state index contributed by atoms with van der Waals surface area (Å²) >= 11 is 5.28. The van der Waals surface area contributed by atoms with Crippen LogP contribution in [0, 0.1) is 10.6 Å². The minimum Gasteiger partial charge on any atom is -0.494 e. The molecule has 0 unspecified atom stereocenters. The van der Waals surface area contributed by atoms with Crippen LogP contribution in [0.2, 0.25) is 0 Å². The molecule has 0 saturated heterocycles. The highest BCUT2D eigenvalue weighted by Gasteiger charge is 2.12. The van der Waals surface area contributed by atoms with Crippen LogP contribution in [0.1, 0.15) is 25.6 Å². The van der Waals surface area contributed by atoms with Crippen LogP contribution in [-0.4, -0.2) is 38.4 Å². The van der Waals surface area contributed by atoms with E-state index in [1.54, 1.807) is 6.07 Å². The lowest BCUT2D eigenvalue weighted by Gasteiger charge is -2.12. The van der Waals surface area contributed by atoms with Crippen molar-refractivity contribution < 1.29 is 9.13 Å². The topological polar surface area (TPSA) is 80.6 Å². The molecule has 0 aliphatic carbocycles. The van der Waals surface area contributed by atoms with Crippen molar-refractivity contribution in [3.8, 4) is 5.75 Å². The summed E-state index contributed by atoms with van der Waals surface area (Å²) in [6, 6.07) is 2.93. The predicted molar refractivity (Wildman–Crippen MR) is 96.0 cm³/mol. The first-order chi connectivity index (χ1) is 12.0. The standard InChI is InChI=1S/C16H19FN6OS/c1-9(2)15-21-22-16(25)23(15)5-4-18-14-10-6-13(24-3)11(17)7-12(10)19-8-20-14/h6-9H,4-5H2,1-3H3,(H,22,25)(H,18,19,20). The molecule has 0 amide bonds. The van der Waals surface area contributed by atoms with Gasteiger partial charge in [-0.05, 0) is 18.3 Å². The Kier molecular flexibility index (Phi) is 4.93. The van der Waals surface area contributed by atoms with Gasteiger partial charge in [0, 0.05) is 30.5 Å². The molecule has 132 valence electrons. The maximum Gasteiger partial charge on any atom is 0.195 e. The third-order valence-electron chi connectivity index (χ3n) is 3.84. The van der Waals surface area contributed by atoms with Crippen molar-refractivity contribution in [2.24, 2.45) is 0 Å². The number of anilines is 1. The van der Waals surface area contributed by atoms with Crippen LogP contribution in [0.25, 0.3) is 10.9 Å². The molecule has 0 spiro atoms. The normalized spacial score (nSPS) is 11.2. The van der Waals surface area contributed by atoms with Gasteiger partial charge in [-0.2, -0.15) is 5.10 Å². The number of methoxy groups -OCH3 is 1. The molecular weight excluding hydrogens is 343 g/mol. The number of rotatable bonds is 6. The van der Waals surface area contributed by atoms with Crippen LogP contribution < -0.4 is 10.1 Å². The summed E-state index contributed by atoms with van der Waals surface area (Å²) in [5, 5.41) is 11.0.